The molecule has 0 atom stereocenters. The SMILES string of the molecule is CCOC(=O)C(C)(C)c1ccc(OCc2ccccc2)cc1. The highest BCUT2D eigenvalue weighted by Crippen LogP contribution is 2.27. The average molecular weight is 298 g/mol. The minimum atomic E-state index is -0.659. The predicted molar refractivity (Wildman–Crippen MR) is 86.9 cm³/mol. The van der Waals surface area contributed by atoms with Crippen molar-refractivity contribution in [1.29, 1.82) is 0 Å². The molecule has 0 fully saturated rings. The first kappa shape index (κ1) is 16.1. The van der Waals surface area contributed by atoms with Crippen molar-refractivity contribution in [3.8, 4) is 5.75 Å². The van der Waals surface area contributed by atoms with Crippen molar-refractivity contribution in [3.63, 3.8) is 0 Å². The summed E-state index contributed by atoms with van der Waals surface area (Å²) < 4.78 is 10.9. The first-order chi connectivity index (χ1) is 10.5. The van der Waals surface area contributed by atoms with E-state index in [9.17, 15) is 4.79 Å². The highest BCUT2D eigenvalue weighted by molar-refractivity contribution is 5.82. The van der Waals surface area contributed by atoms with Crippen molar-refractivity contribution in [2.75, 3.05) is 6.61 Å². The lowest BCUT2D eigenvalue weighted by Crippen LogP contribution is -2.31. The smallest absolute Gasteiger partial charge is 0.315 e. The van der Waals surface area contributed by atoms with Crippen molar-refractivity contribution in [3.05, 3.63) is 65.7 Å². The second-order valence-electron chi connectivity index (χ2n) is 5.64. The van der Waals surface area contributed by atoms with Crippen LogP contribution in [-0.2, 0) is 21.6 Å². The van der Waals surface area contributed by atoms with Gasteiger partial charge in [-0.25, -0.2) is 0 Å². The van der Waals surface area contributed by atoms with Crippen molar-refractivity contribution in [2.24, 2.45) is 0 Å². The van der Waals surface area contributed by atoms with Gasteiger partial charge in [-0.15, -0.1) is 0 Å². The predicted octanol–water partition coefficient (Wildman–Crippen LogP) is 4.11. The Morgan fingerprint density at radius 1 is 1.00 bits per heavy atom. The second kappa shape index (κ2) is 7.12. The van der Waals surface area contributed by atoms with Gasteiger partial charge in [0, 0.05) is 0 Å². The lowest BCUT2D eigenvalue weighted by molar-refractivity contribution is -0.148. The molecule has 0 aromatic heterocycles. The minimum Gasteiger partial charge on any atom is -0.489 e. The van der Waals surface area contributed by atoms with Gasteiger partial charge in [0.2, 0.25) is 0 Å². The van der Waals surface area contributed by atoms with Gasteiger partial charge in [0.15, 0.2) is 0 Å². The molecule has 116 valence electrons. The molecule has 0 radical (unpaired) electrons. The Morgan fingerprint density at radius 3 is 2.23 bits per heavy atom. The summed E-state index contributed by atoms with van der Waals surface area (Å²) in [6, 6.07) is 17.6. The zero-order valence-corrected chi connectivity index (χ0v) is 13.3. The van der Waals surface area contributed by atoms with Gasteiger partial charge in [0.1, 0.15) is 12.4 Å². The summed E-state index contributed by atoms with van der Waals surface area (Å²) in [5, 5.41) is 0. The first-order valence-corrected chi connectivity index (χ1v) is 7.48. The number of carbonyl (C=O) groups excluding carboxylic acids is 1. The highest BCUT2D eigenvalue weighted by atomic mass is 16.5. The van der Waals surface area contributed by atoms with E-state index in [1.807, 2.05) is 75.4 Å². The van der Waals surface area contributed by atoms with Crippen LogP contribution in [0.2, 0.25) is 0 Å². The Kier molecular flexibility index (Phi) is 5.21. The average Bonchev–Trinajstić information content (AvgIpc) is 2.54. The fourth-order valence-corrected chi connectivity index (χ4v) is 2.14. The topological polar surface area (TPSA) is 35.5 Å². The molecule has 2 aromatic carbocycles. The first-order valence-electron chi connectivity index (χ1n) is 7.48. The number of esters is 1. The molecule has 2 aromatic rings. The van der Waals surface area contributed by atoms with Crippen molar-refractivity contribution in [2.45, 2.75) is 32.8 Å². The Hall–Kier alpha value is -2.29. The van der Waals surface area contributed by atoms with Gasteiger partial charge in [-0.1, -0.05) is 42.5 Å². The van der Waals surface area contributed by atoms with Crippen LogP contribution in [-0.4, -0.2) is 12.6 Å². The fourth-order valence-electron chi connectivity index (χ4n) is 2.14. The molecule has 3 heteroatoms. The third-order valence-electron chi connectivity index (χ3n) is 3.61. The lowest BCUT2D eigenvalue weighted by Gasteiger charge is -2.23. The number of ether oxygens (including phenoxy) is 2. The van der Waals surface area contributed by atoms with E-state index < -0.39 is 5.41 Å². The monoisotopic (exact) mass is 298 g/mol. The third kappa shape index (κ3) is 3.88. The molecule has 0 bridgehead atoms. The van der Waals surface area contributed by atoms with Crippen LogP contribution >= 0.6 is 0 Å². The van der Waals surface area contributed by atoms with Crippen LogP contribution < -0.4 is 4.74 Å². The molecule has 22 heavy (non-hydrogen) atoms. The lowest BCUT2D eigenvalue weighted by atomic mass is 9.85. The van der Waals surface area contributed by atoms with E-state index in [1.54, 1.807) is 0 Å². The van der Waals surface area contributed by atoms with E-state index in [-0.39, 0.29) is 5.97 Å². The summed E-state index contributed by atoms with van der Waals surface area (Å²) in [6.45, 7) is 6.46. The van der Waals surface area contributed by atoms with Crippen molar-refractivity contribution < 1.29 is 14.3 Å². The molecule has 0 N–H and O–H groups in total. The molecule has 0 heterocycles. The largest absolute Gasteiger partial charge is 0.489 e. The molecule has 0 aliphatic rings. The standard InChI is InChI=1S/C19H22O3/c1-4-21-18(20)19(2,3)16-10-12-17(13-11-16)22-14-15-8-6-5-7-9-15/h5-13H,4,14H2,1-3H3. The number of benzene rings is 2. The van der Waals surface area contributed by atoms with E-state index in [1.165, 1.54) is 0 Å². The van der Waals surface area contributed by atoms with Crippen LogP contribution in [0.3, 0.4) is 0 Å². The molecule has 0 saturated carbocycles. The summed E-state index contributed by atoms with van der Waals surface area (Å²) >= 11 is 0. The molecule has 2 rings (SSSR count). The number of rotatable bonds is 6. The number of hydrogen-bond donors (Lipinski definition) is 0. The van der Waals surface area contributed by atoms with Crippen LogP contribution in [0.25, 0.3) is 0 Å². The quantitative estimate of drug-likeness (QED) is 0.753. The molecule has 0 aliphatic heterocycles. The summed E-state index contributed by atoms with van der Waals surface area (Å²) in [6.07, 6.45) is 0. The van der Waals surface area contributed by atoms with Gasteiger partial charge >= 0.3 is 5.97 Å². The molecule has 0 spiro atoms. The molecule has 0 aliphatic carbocycles. The summed E-state index contributed by atoms with van der Waals surface area (Å²) in [7, 11) is 0. The van der Waals surface area contributed by atoms with Crippen LogP contribution in [0.1, 0.15) is 31.9 Å². The van der Waals surface area contributed by atoms with Crippen LogP contribution in [0.4, 0.5) is 0 Å². The summed E-state index contributed by atoms with van der Waals surface area (Å²) in [5.41, 5.74) is 1.38. The molecule has 0 unspecified atom stereocenters. The van der Waals surface area contributed by atoms with Crippen LogP contribution in [0, 0.1) is 0 Å². The zero-order chi connectivity index (χ0) is 16.0. The second-order valence-corrected chi connectivity index (χ2v) is 5.64. The van der Waals surface area contributed by atoms with Gasteiger partial charge in [-0.3, -0.25) is 4.79 Å². The molecule has 0 amide bonds. The Bertz CT molecular complexity index is 600. The molecule has 3 nitrogen and oxygen atoms in total. The summed E-state index contributed by atoms with van der Waals surface area (Å²) in [5.74, 6) is 0.570. The maximum Gasteiger partial charge on any atom is 0.315 e. The van der Waals surface area contributed by atoms with E-state index in [0.29, 0.717) is 13.2 Å². The van der Waals surface area contributed by atoms with Gasteiger partial charge in [0.25, 0.3) is 0 Å². The van der Waals surface area contributed by atoms with Gasteiger partial charge in [-0.05, 0) is 44.0 Å². The minimum absolute atomic E-state index is 0.215. The maximum atomic E-state index is 12.0. The summed E-state index contributed by atoms with van der Waals surface area (Å²) in [4.78, 5) is 12.0. The third-order valence-corrected chi connectivity index (χ3v) is 3.61. The number of carbonyl (C=O) groups is 1. The van der Waals surface area contributed by atoms with Gasteiger partial charge < -0.3 is 9.47 Å². The van der Waals surface area contributed by atoms with Gasteiger partial charge in [-0.2, -0.15) is 0 Å². The highest BCUT2D eigenvalue weighted by Gasteiger charge is 2.31. The Morgan fingerprint density at radius 2 is 1.64 bits per heavy atom. The fraction of sp³-hybridized carbons (Fsp3) is 0.316. The van der Waals surface area contributed by atoms with Gasteiger partial charge in [0.05, 0.1) is 12.0 Å². The van der Waals surface area contributed by atoms with Crippen LogP contribution in [0.5, 0.6) is 5.75 Å². The molecular weight excluding hydrogens is 276 g/mol. The maximum absolute atomic E-state index is 12.0. The molecule has 0 saturated heterocycles. The number of hydrogen-bond acceptors (Lipinski definition) is 3. The van der Waals surface area contributed by atoms with E-state index >= 15 is 0 Å². The van der Waals surface area contributed by atoms with Crippen molar-refractivity contribution in [1.82, 2.24) is 0 Å². The normalized spacial score (nSPS) is 11.0. The molecular formula is C19H22O3. The van der Waals surface area contributed by atoms with Crippen molar-refractivity contribution >= 4 is 5.97 Å². The van der Waals surface area contributed by atoms with Crippen LogP contribution in [0.15, 0.2) is 54.6 Å². The van der Waals surface area contributed by atoms with E-state index in [2.05, 4.69) is 0 Å². The Balaban J connectivity index is 2.02. The van der Waals surface area contributed by atoms with E-state index in [0.717, 1.165) is 16.9 Å². The zero-order valence-electron chi connectivity index (χ0n) is 13.3. The Labute approximate surface area is 131 Å². The van der Waals surface area contributed by atoms with E-state index in [4.69, 9.17) is 9.47 Å².